The molecular formula is C23H28N4O4S. The summed E-state index contributed by atoms with van der Waals surface area (Å²) in [6.45, 7) is 6.31. The van der Waals surface area contributed by atoms with Gasteiger partial charge in [-0.2, -0.15) is 0 Å². The number of amides is 1. The van der Waals surface area contributed by atoms with Gasteiger partial charge in [-0.1, -0.05) is 30.3 Å². The second-order valence-corrected chi connectivity index (χ2v) is 10.0. The fourth-order valence-electron chi connectivity index (χ4n) is 4.04. The Labute approximate surface area is 189 Å². The molecule has 0 radical (unpaired) electrons. The predicted octanol–water partition coefficient (Wildman–Crippen LogP) is 3.38. The van der Waals surface area contributed by atoms with Gasteiger partial charge in [0.25, 0.3) is 5.56 Å². The van der Waals surface area contributed by atoms with Crippen molar-refractivity contribution in [2.45, 2.75) is 51.9 Å². The number of carbonyl (C=O) groups is 1. The SMILES string of the molecule is CC(C)(C)OC(=O)N1CCC(n2c(=O)c3sc(-c4ccccc4)cc3n(CN)c2=O)CC1. The van der Waals surface area contributed by atoms with Crippen molar-refractivity contribution in [2.75, 3.05) is 13.1 Å². The Kier molecular flexibility index (Phi) is 5.96. The maximum Gasteiger partial charge on any atom is 0.410 e. The summed E-state index contributed by atoms with van der Waals surface area (Å²) in [5, 5.41) is 0. The number of likely N-dealkylation sites (tertiary alicyclic amines) is 1. The van der Waals surface area contributed by atoms with Crippen molar-refractivity contribution >= 4 is 27.6 Å². The van der Waals surface area contributed by atoms with Crippen LogP contribution in [0.25, 0.3) is 20.7 Å². The molecule has 1 fully saturated rings. The number of hydrogen-bond donors (Lipinski definition) is 1. The summed E-state index contributed by atoms with van der Waals surface area (Å²) in [6.07, 6.45) is 0.631. The second-order valence-electron chi connectivity index (χ2n) is 8.96. The van der Waals surface area contributed by atoms with Crippen LogP contribution < -0.4 is 17.0 Å². The molecule has 1 aliphatic rings. The molecule has 0 spiro atoms. The third-order valence-corrected chi connectivity index (χ3v) is 6.74. The highest BCUT2D eigenvalue weighted by atomic mass is 32.1. The molecule has 8 nitrogen and oxygen atoms in total. The number of hydrogen-bond acceptors (Lipinski definition) is 6. The van der Waals surface area contributed by atoms with Gasteiger partial charge in [0.2, 0.25) is 0 Å². The summed E-state index contributed by atoms with van der Waals surface area (Å²) in [4.78, 5) is 41.5. The number of nitrogens with two attached hydrogens (primary N) is 1. The molecule has 32 heavy (non-hydrogen) atoms. The average molecular weight is 457 g/mol. The lowest BCUT2D eigenvalue weighted by atomic mass is 10.1. The summed E-state index contributed by atoms with van der Waals surface area (Å²) in [5.41, 5.74) is 6.20. The number of fused-ring (bicyclic) bond motifs is 1. The molecule has 0 unspecified atom stereocenters. The summed E-state index contributed by atoms with van der Waals surface area (Å²) < 4.78 is 8.74. The van der Waals surface area contributed by atoms with Gasteiger partial charge in [-0.15, -0.1) is 11.3 Å². The molecule has 1 saturated heterocycles. The molecule has 170 valence electrons. The second kappa shape index (κ2) is 8.55. The van der Waals surface area contributed by atoms with Crippen molar-refractivity contribution in [3.63, 3.8) is 0 Å². The maximum atomic E-state index is 13.4. The molecule has 0 bridgehead atoms. The average Bonchev–Trinajstić information content (AvgIpc) is 3.20. The molecule has 2 aromatic heterocycles. The Bertz CT molecular complexity index is 1250. The Morgan fingerprint density at radius 2 is 1.81 bits per heavy atom. The lowest BCUT2D eigenvalue weighted by Crippen LogP contribution is -2.48. The van der Waals surface area contributed by atoms with Gasteiger partial charge in [-0.3, -0.25) is 13.9 Å². The zero-order valence-electron chi connectivity index (χ0n) is 18.5. The summed E-state index contributed by atoms with van der Waals surface area (Å²) in [6, 6.07) is 11.3. The molecule has 0 saturated carbocycles. The highest BCUT2D eigenvalue weighted by molar-refractivity contribution is 7.22. The van der Waals surface area contributed by atoms with E-state index in [2.05, 4.69) is 0 Å². The number of rotatable bonds is 3. The van der Waals surface area contributed by atoms with E-state index in [-0.39, 0.29) is 24.4 Å². The van der Waals surface area contributed by atoms with Gasteiger partial charge >= 0.3 is 11.8 Å². The van der Waals surface area contributed by atoms with Crippen molar-refractivity contribution < 1.29 is 9.53 Å². The molecule has 0 atom stereocenters. The van der Waals surface area contributed by atoms with Gasteiger partial charge in [0, 0.05) is 24.0 Å². The van der Waals surface area contributed by atoms with E-state index in [4.69, 9.17) is 10.5 Å². The fraction of sp³-hybridized carbons (Fsp3) is 0.435. The number of aromatic nitrogens is 2. The Hall–Kier alpha value is -2.91. The quantitative estimate of drug-likeness (QED) is 0.651. The van der Waals surface area contributed by atoms with Crippen molar-refractivity contribution in [3.05, 3.63) is 57.2 Å². The summed E-state index contributed by atoms with van der Waals surface area (Å²) in [5.74, 6) is 0. The summed E-state index contributed by atoms with van der Waals surface area (Å²) >= 11 is 1.37. The third kappa shape index (κ3) is 4.22. The van der Waals surface area contributed by atoms with Crippen LogP contribution in [0.4, 0.5) is 4.79 Å². The first kappa shape index (κ1) is 22.3. The van der Waals surface area contributed by atoms with Crippen molar-refractivity contribution in [2.24, 2.45) is 5.73 Å². The van der Waals surface area contributed by atoms with E-state index in [1.54, 1.807) is 4.90 Å². The fourth-order valence-corrected chi connectivity index (χ4v) is 5.14. The number of benzene rings is 1. The molecule has 0 aliphatic carbocycles. The lowest BCUT2D eigenvalue weighted by molar-refractivity contribution is 0.0186. The monoisotopic (exact) mass is 456 g/mol. The smallest absolute Gasteiger partial charge is 0.410 e. The first-order valence-electron chi connectivity index (χ1n) is 10.7. The molecule has 2 N–H and O–H groups in total. The van der Waals surface area contributed by atoms with Gasteiger partial charge in [-0.05, 0) is 45.2 Å². The zero-order chi connectivity index (χ0) is 23.0. The Balaban J connectivity index is 1.67. The Morgan fingerprint density at radius 3 is 2.41 bits per heavy atom. The number of carbonyl (C=O) groups excluding carboxylic acids is 1. The van der Waals surface area contributed by atoms with E-state index in [1.165, 1.54) is 20.5 Å². The van der Waals surface area contributed by atoms with Crippen molar-refractivity contribution in [1.82, 2.24) is 14.0 Å². The normalized spacial score (nSPS) is 15.3. The molecule has 1 aromatic carbocycles. The van der Waals surface area contributed by atoms with Crippen molar-refractivity contribution in [3.8, 4) is 10.4 Å². The highest BCUT2D eigenvalue weighted by Gasteiger charge is 2.30. The predicted molar refractivity (Wildman–Crippen MR) is 126 cm³/mol. The largest absolute Gasteiger partial charge is 0.444 e. The van der Waals surface area contributed by atoms with E-state index in [0.29, 0.717) is 36.1 Å². The first-order chi connectivity index (χ1) is 15.2. The van der Waals surface area contributed by atoms with Crippen LogP contribution in [0.1, 0.15) is 39.7 Å². The molecule has 4 rings (SSSR count). The minimum Gasteiger partial charge on any atom is -0.444 e. The van der Waals surface area contributed by atoms with Gasteiger partial charge < -0.3 is 15.4 Å². The molecule has 3 heterocycles. The third-order valence-electron chi connectivity index (χ3n) is 5.58. The first-order valence-corrected chi connectivity index (χ1v) is 11.5. The number of thiophene rings is 1. The highest BCUT2D eigenvalue weighted by Crippen LogP contribution is 2.31. The van der Waals surface area contributed by atoms with Gasteiger partial charge in [0.05, 0.1) is 12.2 Å². The van der Waals surface area contributed by atoms with Crippen LogP contribution >= 0.6 is 11.3 Å². The van der Waals surface area contributed by atoms with Crippen LogP contribution in [0.3, 0.4) is 0 Å². The molecule has 9 heteroatoms. The van der Waals surface area contributed by atoms with Crippen LogP contribution in [-0.2, 0) is 11.4 Å². The molecule has 3 aromatic rings. The number of piperidine rings is 1. The van der Waals surface area contributed by atoms with Gasteiger partial charge in [0.15, 0.2) is 0 Å². The van der Waals surface area contributed by atoms with Gasteiger partial charge in [0.1, 0.15) is 10.3 Å². The molecule has 1 amide bonds. The standard InChI is InChI=1S/C23H28N4O4S/c1-23(2,3)31-22(30)25-11-9-16(10-12-25)27-20(28)19-17(26(14-24)21(27)29)13-18(32-19)15-7-5-4-6-8-15/h4-8,13,16H,9-12,14,24H2,1-3H3. The minimum atomic E-state index is -0.569. The Morgan fingerprint density at radius 1 is 1.16 bits per heavy atom. The zero-order valence-corrected chi connectivity index (χ0v) is 19.4. The topological polar surface area (TPSA) is 99.6 Å². The van der Waals surface area contributed by atoms with Crippen LogP contribution in [0.5, 0.6) is 0 Å². The van der Waals surface area contributed by atoms with Crippen molar-refractivity contribution in [1.29, 1.82) is 0 Å². The van der Waals surface area contributed by atoms with Crippen LogP contribution in [0.2, 0.25) is 0 Å². The molecular weight excluding hydrogens is 428 g/mol. The van der Waals surface area contributed by atoms with Crippen LogP contribution in [0, 0.1) is 0 Å². The lowest BCUT2D eigenvalue weighted by Gasteiger charge is -2.33. The van der Waals surface area contributed by atoms with E-state index in [9.17, 15) is 14.4 Å². The summed E-state index contributed by atoms with van der Waals surface area (Å²) in [7, 11) is 0. The van der Waals surface area contributed by atoms with Gasteiger partial charge in [-0.25, -0.2) is 9.59 Å². The maximum absolute atomic E-state index is 13.4. The van der Waals surface area contributed by atoms with E-state index < -0.39 is 11.3 Å². The number of nitrogens with zero attached hydrogens (tertiary/aromatic N) is 3. The molecule has 1 aliphatic heterocycles. The van der Waals surface area contributed by atoms with E-state index in [0.717, 1.165) is 10.4 Å². The van der Waals surface area contributed by atoms with E-state index >= 15 is 0 Å². The van der Waals surface area contributed by atoms with E-state index in [1.807, 2.05) is 57.2 Å². The van der Waals surface area contributed by atoms with Crippen LogP contribution in [-0.4, -0.2) is 38.8 Å². The van der Waals surface area contributed by atoms with Crippen LogP contribution in [0.15, 0.2) is 46.0 Å². The minimum absolute atomic E-state index is 0.0165. The number of ether oxygens (including phenoxy) is 1.